The molecule has 2 bridgehead atoms. The molecule has 0 spiro atoms. The van der Waals surface area contributed by atoms with Gasteiger partial charge in [-0.25, -0.2) is 4.79 Å². The summed E-state index contributed by atoms with van der Waals surface area (Å²) in [5, 5.41) is 1.68. The van der Waals surface area contributed by atoms with Crippen LogP contribution in [0.1, 0.15) is 42.9 Å². The zero-order chi connectivity index (χ0) is 18.3. The lowest BCUT2D eigenvalue weighted by molar-refractivity contribution is -0.138. The molecule has 0 radical (unpaired) electrons. The third-order valence-electron chi connectivity index (χ3n) is 5.84. The summed E-state index contributed by atoms with van der Waals surface area (Å²) in [6.07, 6.45) is 6.52. The van der Waals surface area contributed by atoms with Crippen LogP contribution in [0.3, 0.4) is 0 Å². The number of halogens is 1. The molecule has 1 aromatic heterocycles. The number of esters is 1. The van der Waals surface area contributed by atoms with Crippen molar-refractivity contribution in [2.45, 2.75) is 38.0 Å². The van der Waals surface area contributed by atoms with Crippen molar-refractivity contribution in [1.82, 2.24) is 4.98 Å². The molecular formula is C21H23ClN2O2. The van der Waals surface area contributed by atoms with E-state index in [4.69, 9.17) is 27.1 Å². The van der Waals surface area contributed by atoms with Gasteiger partial charge in [0.05, 0.1) is 12.1 Å². The maximum Gasteiger partial charge on any atom is 0.330 e. The largest absolute Gasteiger partial charge is 0.463 e. The summed E-state index contributed by atoms with van der Waals surface area (Å²) in [5.74, 6) is 1.30. The van der Waals surface area contributed by atoms with E-state index in [1.807, 2.05) is 18.2 Å². The minimum absolute atomic E-state index is 0.343. The fraction of sp³-hybridized carbons (Fsp3) is 0.429. The van der Waals surface area contributed by atoms with Crippen LogP contribution in [0.4, 0.5) is 5.69 Å². The maximum atomic E-state index is 11.2. The fourth-order valence-electron chi connectivity index (χ4n) is 4.80. The van der Waals surface area contributed by atoms with Crippen LogP contribution in [0.5, 0.6) is 0 Å². The Morgan fingerprint density at radius 2 is 2.23 bits per heavy atom. The monoisotopic (exact) mass is 370 g/mol. The van der Waals surface area contributed by atoms with Gasteiger partial charge in [-0.05, 0) is 68.1 Å². The Bertz CT molecular complexity index is 880. The van der Waals surface area contributed by atoms with Gasteiger partial charge < -0.3 is 10.5 Å². The van der Waals surface area contributed by atoms with Gasteiger partial charge in [0.25, 0.3) is 0 Å². The van der Waals surface area contributed by atoms with Crippen LogP contribution in [0.2, 0.25) is 5.02 Å². The number of aromatic nitrogens is 1. The molecular weight excluding hydrogens is 348 g/mol. The van der Waals surface area contributed by atoms with Gasteiger partial charge in [0, 0.05) is 33.4 Å². The summed E-state index contributed by atoms with van der Waals surface area (Å²) in [7, 11) is 0. The van der Waals surface area contributed by atoms with Gasteiger partial charge in [0.1, 0.15) is 0 Å². The van der Waals surface area contributed by atoms with E-state index in [0.717, 1.165) is 48.0 Å². The van der Waals surface area contributed by atoms with Crippen molar-refractivity contribution in [3.63, 3.8) is 0 Å². The first-order valence-corrected chi connectivity index (χ1v) is 9.59. The van der Waals surface area contributed by atoms with E-state index in [9.17, 15) is 4.79 Å². The van der Waals surface area contributed by atoms with E-state index in [1.54, 1.807) is 0 Å². The summed E-state index contributed by atoms with van der Waals surface area (Å²) in [6.45, 7) is 3.90. The lowest BCUT2D eigenvalue weighted by atomic mass is 9.65. The zero-order valence-electron chi connectivity index (χ0n) is 14.7. The summed E-state index contributed by atoms with van der Waals surface area (Å²) in [6, 6.07) is 5.74. The van der Waals surface area contributed by atoms with Crippen LogP contribution in [0.15, 0.2) is 30.9 Å². The quantitative estimate of drug-likeness (QED) is 0.628. The molecule has 2 aliphatic rings. The minimum atomic E-state index is -0.343. The molecule has 1 aromatic carbocycles. The number of carbonyl (C=O) groups excluding carboxylic acids is 1. The second kappa shape index (κ2) is 6.92. The highest BCUT2D eigenvalue weighted by molar-refractivity contribution is 6.31. The molecule has 4 nitrogen and oxygen atoms in total. The number of rotatable bonds is 4. The number of nitrogens with zero attached hydrogens (tertiary/aromatic N) is 1. The van der Waals surface area contributed by atoms with Crippen molar-refractivity contribution in [3.05, 3.63) is 47.1 Å². The topological polar surface area (TPSA) is 65.2 Å². The highest BCUT2D eigenvalue weighted by Gasteiger charge is 2.37. The summed E-state index contributed by atoms with van der Waals surface area (Å²) < 4.78 is 5.17. The number of hydrogen-bond donors (Lipinski definition) is 1. The first kappa shape index (κ1) is 17.3. The van der Waals surface area contributed by atoms with Gasteiger partial charge in [-0.1, -0.05) is 18.2 Å². The second-order valence-electron chi connectivity index (χ2n) is 7.55. The molecule has 2 aromatic rings. The number of anilines is 1. The van der Waals surface area contributed by atoms with Crippen molar-refractivity contribution in [3.8, 4) is 0 Å². The molecule has 3 atom stereocenters. The molecule has 1 heterocycles. The van der Waals surface area contributed by atoms with E-state index in [1.165, 1.54) is 18.1 Å². The first-order valence-electron chi connectivity index (χ1n) is 9.21. The summed E-state index contributed by atoms with van der Waals surface area (Å²) >= 11 is 6.13. The van der Waals surface area contributed by atoms with Crippen molar-refractivity contribution in [2.75, 3.05) is 12.3 Å². The highest BCUT2D eigenvalue weighted by Crippen LogP contribution is 2.49. The molecule has 1 saturated carbocycles. The molecule has 5 heteroatoms. The van der Waals surface area contributed by atoms with Crippen molar-refractivity contribution in [2.24, 2.45) is 11.8 Å². The third kappa shape index (κ3) is 3.18. The van der Waals surface area contributed by atoms with Gasteiger partial charge in [-0.15, -0.1) is 0 Å². The van der Waals surface area contributed by atoms with Crippen LogP contribution in [-0.2, 0) is 16.0 Å². The van der Waals surface area contributed by atoms with Gasteiger partial charge in [-0.3, -0.25) is 4.98 Å². The van der Waals surface area contributed by atoms with Crippen LogP contribution < -0.4 is 5.73 Å². The summed E-state index contributed by atoms with van der Waals surface area (Å²) in [5.41, 5.74) is 10.7. The maximum absolute atomic E-state index is 11.2. The molecule has 2 aliphatic carbocycles. The van der Waals surface area contributed by atoms with Crippen LogP contribution in [0, 0.1) is 11.8 Å². The molecule has 0 saturated heterocycles. The van der Waals surface area contributed by atoms with Gasteiger partial charge in [0.2, 0.25) is 0 Å². The van der Waals surface area contributed by atoms with E-state index in [-0.39, 0.29) is 5.97 Å². The van der Waals surface area contributed by atoms with Crippen molar-refractivity contribution in [1.29, 1.82) is 0 Å². The molecule has 0 amide bonds. The van der Waals surface area contributed by atoms with Gasteiger partial charge >= 0.3 is 5.97 Å². The predicted molar refractivity (Wildman–Crippen MR) is 104 cm³/mol. The van der Waals surface area contributed by atoms with Crippen LogP contribution in [-0.4, -0.2) is 17.6 Å². The van der Waals surface area contributed by atoms with Gasteiger partial charge in [0.15, 0.2) is 0 Å². The molecule has 4 rings (SSSR count). The Balaban J connectivity index is 1.58. The van der Waals surface area contributed by atoms with E-state index < -0.39 is 0 Å². The number of hydrogen-bond acceptors (Lipinski definition) is 4. The van der Waals surface area contributed by atoms with E-state index >= 15 is 0 Å². The van der Waals surface area contributed by atoms with Gasteiger partial charge in [-0.2, -0.15) is 0 Å². The number of benzene rings is 1. The van der Waals surface area contributed by atoms with E-state index in [2.05, 4.69) is 6.58 Å². The lowest BCUT2D eigenvalue weighted by Gasteiger charge is -2.40. The number of nitrogens with two attached hydrogens (primary N) is 1. The second-order valence-corrected chi connectivity index (χ2v) is 7.98. The Labute approximate surface area is 158 Å². The molecule has 1 fully saturated rings. The molecule has 3 unspecified atom stereocenters. The number of pyridine rings is 1. The Morgan fingerprint density at radius 3 is 3.04 bits per heavy atom. The first-order chi connectivity index (χ1) is 12.5. The average Bonchev–Trinajstić information content (AvgIpc) is 2.60. The fourth-order valence-corrected chi connectivity index (χ4v) is 4.97. The highest BCUT2D eigenvalue weighted by atomic mass is 35.5. The Morgan fingerprint density at radius 1 is 1.38 bits per heavy atom. The SMILES string of the molecule is C=CC(=O)OCCC1CC2Cc3nc4cc(Cl)ccc4c(N)c3C(C1)C2. The Kier molecular flexibility index (Phi) is 4.62. The van der Waals surface area contributed by atoms with Crippen LogP contribution in [0.25, 0.3) is 10.9 Å². The van der Waals surface area contributed by atoms with Crippen molar-refractivity contribution >= 4 is 34.2 Å². The number of fused-ring (bicyclic) bond motifs is 5. The molecule has 0 aliphatic heterocycles. The standard InChI is InChI=1S/C21H23ClN2O2/c1-2-19(25)26-6-5-12-7-13-9-14(8-12)20-18(10-13)24-17-11-15(22)3-4-16(17)21(20)23/h2-4,11-14H,1,5-10H2,(H2,23,24). The molecule has 2 N–H and O–H groups in total. The van der Waals surface area contributed by atoms with Crippen molar-refractivity contribution < 1.29 is 9.53 Å². The predicted octanol–water partition coefficient (Wildman–Crippen LogP) is 4.65. The van der Waals surface area contributed by atoms with Crippen LogP contribution >= 0.6 is 11.6 Å². The third-order valence-corrected chi connectivity index (χ3v) is 6.07. The minimum Gasteiger partial charge on any atom is -0.463 e. The number of ether oxygens (including phenoxy) is 1. The molecule has 136 valence electrons. The smallest absolute Gasteiger partial charge is 0.330 e. The average molecular weight is 371 g/mol. The molecule has 26 heavy (non-hydrogen) atoms. The number of carbonyl (C=O) groups is 1. The zero-order valence-corrected chi connectivity index (χ0v) is 15.5. The number of nitrogen functional groups attached to an aromatic ring is 1. The Hall–Kier alpha value is -2.07. The van der Waals surface area contributed by atoms with E-state index in [0.29, 0.717) is 29.4 Å². The normalized spacial score (nSPS) is 24.1. The summed E-state index contributed by atoms with van der Waals surface area (Å²) in [4.78, 5) is 16.1. The lowest BCUT2D eigenvalue weighted by Crippen LogP contribution is -2.30.